The van der Waals surface area contributed by atoms with Gasteiger partial charge in [0.25, 0.3) is 5.69 Å². The normalized spacial score (nSPS) is 31.4. The predicted octanol–water partition coefficient (Wildman–Crippen LogP) is 3.80. The number of nitrogens with zero attached hydrogens (tertiary/aromatic N) is 1. The van der Waals surface area contributed by atoms with E-state index in [2.05, 4.69) is 13.8 Å². The van der Waals surface area contributed by atoms with E-state index in [1.54, 1.807) is 12.1 Å². The maximum Gasteiger partial charge on any atom is 0.269 e. The molecule has 0 aliphatic heterocycles. The van der Waals surface area contributed by atoms with Crippen LogP contribution in [0.2, 0.25) is 0 Å². The van der Waals surface area contributed by atoms with E-state index < -0.39 is 0 Å². The van der Waals surface area contributed by atoms with Gasteiger partial charge in [-0.3, -0.25) is 10.1 Å². The molecule has 1 aromatic carbocycles. The Bertz CT molecular complexity index is 493. The summed E-state index contributed by atoms with van der Waals surface area (Å²) in [5.74, 6) is 2.23. The van der Waals surface area contributed by atoms with E-state index in [4.69, 9.17) is 4.74 Å². The molecule has 0 spiro atoms. The van der Waals surface area contributed by atoms with E-state index in [9.17, 15) is 10.1 Å². The van der Waals surface area contributed by atoms with Gasteiger partial charge in [0.2, 0.25) is 0 Å². The number of non-ortho nitro benzene ring substituents is 1. The molecule has 3 atom stereocenters. The van der Waals surface area contributed by atoms with Crippen LogP contribution in [0.25, 0.3) is 0 Å². The standard InChI is InChI=1S/C15H19NO3/c1-15(2)10-3-8-14(13(15)9-10)19-12-6-4-11(5-7-12)16(17)18/h4-7,10,13-14H,3,8-9H2,1-2H3/t10?,13?,14-/m0/s1. The Morgan fingerprint density at radius 3 is 2.47 bits per heavy atom. The molecule has 4 rings (SSSR count). The first-order valence-corrected chi connectivity index (χ1v) is 6.89. The average Bonchev–Trinajstić information content (AvgIpc) is 2.39. The smallest absolute Gasteiger partial charge is 0.269 e. The van der Waals surface area contributed by atoms with Gasteiger partial charge in [-0.15, -0.1) is 0 Å². The summed E-state index contributed by atoms with van der Waals surface area (Å²) in [4.78, 5) is 10.2. The predicted molar refractivity (Wildman–Crippen MR) is 72.1 cm³/mol. The zero-order valence-electron chi connectivity index (χ0n) is 11.3. The second-order valence-electron chi connectivity index (χ2n) is 6.35. The first-order valence-electron chi connectivity index (χ1n) is 6.89. The molecule has 0 N–H and O–H groups in total. The van der Waals surface area contributed by atoms with Crippen molar-refractivity contribution < 1.29 is 9.66 Å². The quantitative estimate of drug-likeness (QED) is 0.614. The first kappa shape index (κ1) is 12.5. The Morgan fingerprint density at radius 1 is 1.26 bits per heavy atom. The highest BCUT2D eigenvalue weighted by Crippen LogP contribution is 2.59. The summed E-state index contributed by atoms with van der Waals surface area (Å²) in [5.41, 5.74) is 0.504. The molecule has 3 aliphatic carbocycles. The fraction of sp³-hybridized carbons (Fsp3) is 0.600. The van der Waals surface area contributed by atoms with Gasteiger partial charge in [0.1, 0.15) is 11.9 Å². The second-order valence-corrected chi connectivity index (χ2v) is 6.35. The van der Waals surface area contributed by atoms with Crippen LogP contribution in [0, 0.1) is 27.4 Å². The Balaban J connectivity index is 1.70. The molecule has 2 bridgehead atoms. The largest absolute Gasteiger partial charge is 0.490 e. The summed E-state index contributed by atoms with van der Waals surface area (Å²) >= 11 is 0. The van der Waals surface area contributed by atoms with Crippen molar-refractivity contribution in [3.8, 4) is 5.75 Å². The third kappa shape index (κ3) is 1.99. The van der Waals surface area contributed by atoms with Crippen molar-refractivity contribution in [3.05, 3.63) is 34.4 Å². The maximum absolute atomic E-state index is 10.6. The topological polar surface area (TPSA) is 52.4 Å². The molecule has 3 fully saturated rings. The molecule has 1 aromatic rings. The van der Waals surface area contributed by atoms with E-state index in [0.717, 1.165) is 18.1 Å². The average molecular weight is 261 g/mol. The molecule has 2 unspecified atom stereocenters. The van der Waals surface area contributed by atoms with Gasteiger partial charge in [-0.1, -0.05) is 13.8 Å². The minimum Gasteiger partial charge on any atom is -0.490 e. The number of rotatable bonds is 3. The summed E-state index contributed by atoms with van der Waals surface area (Å²) < 4.78 is 6.05. The number of ether oxygens (including phenoxy) is 1. The van der Waals surface area contributed by atoms with Crippen LogP contribution in [0.3, 0.4) is 0 Å². The molecule has 4 heteroatoms. The highest BCUT2D eigenvalue weighted by molar-refractivity contribution is 5.36. The second kappa shape index (κ2) is 4.22. The molecule has 3 saturated carbocycles. The Morgan fingerprint density at radius 2 is 1.95 bits per heavy atom. The van der Waals surface area contributed by atoms with Crippen LogP contribution in [0.5, 0.6) is 5.75 Å². The van der Waals surface area contributed by atoms with Crippen LogP contribution < -0.4 is 4.74 Å². The first-order chi connectivity index (χ1) is 8.98. The zero-order valence-corrected chi connectivity index (χ0v) is 11.3. The molecule has 0 amide bonds. The van der Waals surface area contributed by atoms with Gasteiger partial charge in [0.05, 0.1) is 4.92 Å². The van der Waals surface area contributed by atoms with E-state index >= 15 is 0 Å². The molecular weight excluding hydrogens is 242 g/mol. The summed E-state index contributed by atoms with van der Waals surface area (Å²) in [6.45, 7) is 4.66. The van der Waals surface area contributed by atoms with Crippen molar-refractivity contribution in [3.63, 3.8) is 0 Å². The van der Waals surface area contributed by atoms with Crippen LogP contribution in [0.4, 0.5) is 5.69 Å². The minimum atomic E-state index is -0.385. The molecular formula is C15H19NO3. The Hall–Kier alpha value is -1.58. The number of nitro groups is 1. The fourth-order valence-electron chi connectivity index (χ4n) is 3.71. The fourth-order valence-corrected chi connectivity index (χ4v) is 3.71. The van der Waals surface area contributed by atoms with E-state index in [1.807, 2.05) is 0 Å². The number of nitro benzene ring substituents is 1. The van der Waals surface area contributed by atoms with Crippen molar-refractivity contribution in [1.29, 1.82) is 0 Å². The van der Waals surface area contributed by atoms with Crippen molar-refractivity contribution in [2.24, 2.45) is 17.3 Å². The van der Waals surface area contributed by atoms with Crippen molar-refractivity contribution in [1.82, 2.24) is 0 Å². The third-order valence-electron chi connectivity index (χ3n) is 5.13. The van der Waals surface area contributed by atoms with E-state index in [1.165, 1.54) is 25.0 Å². The molecule has 3 aliphatic rings. The molecule has 0 aromatic heterocycles. The highest BCUT2D eigenvalue weighted by atomic mass is 16.6. The lowest BCUT2D eigenvalue weighted by atomic mass is 9.48. The lowest BCUT2D eigenvalue weighted by Gasteiger charge is -2.59. The maximum atomic E-state index is 10.6. The van der Waals surface area contributed by atoms with Crippen LogP contribution >= 0.6 is 0 Å². The van der Waals surface area contributed by atoms with Gasteiger partial charge >= 0.3 is 0 Å². The molecule has 19 heavy (non-hydrogen) atoms. The minimum absolute atomic E-state index is 0.111. The summed E-state index contributed by atoms with van der Waals surface area (Å²) in [6.07, 6.45) is 3.88. The van der Waals surface area contributed by atoms with E-state index in [-0.39, 0.29) is 16.7 Å². The van der Waals surface area contributed by atoms with Gasteiger partial charge in [-0.25, -0.2) is 0 Å². The van der Waals surface area contributed by atoms with Crippen LogP contribution in [-0.4, -0.2) is 11.0 Å². The van der Waals surface area contributed by atoms with Crippen LogP contribution in [-0.2, 0) is 0 Å². The van der Waals surface area contributed by atoms with Crippen molar-refractivity contribution >= 4 is 5.69 Å². The van der Waals surface area contributed by atoms with Gasteiger partial charge in [0.15, 0.2) is 0 Å². The monoisotopic (exact) mass is 261 g/mol. The summed E-state index contributed by atoms with van der Waals surface area (Å²) in [6, 6.07) is 6.42. The van der Waals surface area contributed by atoms with Gasteiger partial charge < -0.3 is 4.74 Å². The third-order valence-corrected chi connectivity index (χ3v) is 5.13. The van der Waals surface area contributed by atoms with Crippen LogP contribution in [0.15, 0.2) is 24.3 Å². The van der Waals surface area contributed by atoms with Gasteiger partial charge in [-0.05, 0) is 42.7 Å². The molecule has 102 valence electrons. The van der Waals surface area contributed by atoms with Gasteiger partial charge in [-0.2, -0.15) is 0 Å². The number of hydrogen-bond acceptors (Lipinski definition) is 3. The Labute approximate surface area is 112 Å². The van der Waals surface area contributed by atoms with E-state index in [0.29, 0.717) is 11.3 Å². The van der Waals surface area contributed by atoms with Crippen molar-refractivity contribution in [2.45, 2.75) is 39.2 Å². The molecule has 4 nitrogen and oxygen atoms in total. The number of hydrogen-bond donors (Lipinski definition) is 0. The molecule has 0 heterocycles. The Kier molecular flexibility index (Phi) is 2.77. The molecule has 0 saturated heterocycles. The lowest BCUT2D eigenvalue weighted by molar-refractivity contribution is -0.384. The number of benzene rings is 1. The molecule has 0 radical (unpaired) electrons. The highest BCUT2D eigenvalue weighted by Gasteiger charge is 2.55. The SMILES string of the molecule is CC1(C)C2CC[C@H](Oc3ccc([N+](=O)[O-])cc3)C1C2. The van der Waals surface area contributed by atoms with Crippen LogP contribution in [0.1, 0.15) is 33.1 Å². The lowest BCUT2D eigenvalue weighted by Crippen LogP contribution is -2.56. The van der Waals surface area contributed by atoms with Crippen molar-refractivity contribution in [2.75, 3.05) is 0 Å². The number of fused-ring (bicyclic) bond motifs is 2. The summed E-state index contributed by atoms with van der Waals surface area (Å²) in [5, 5.41) is 10.6. The van der Waals surface area contributed by atoms with Gasteiger partial charge in [0, 0.05) is 18.1 Å². The summed E-state index contributed by atoms with van der Waals surface area (Å²) in [7, 11) is 0. The zero-order chi connectivity index (χ0) is 13.6.